The molecule has 164 valence electrons. The van der Waals surface area contributed by atoms with Gasteiger partial charge in [0.2, 0.25) is 0 Å². The average Bonchev–Trinajstić information content (AvgIpc) is 3.44. The first-order chi connectivity index (χ1) is 14.7. The van der Waals surface area contributed by atoms with E-state index in [0.29, 0.717) is 0 Å². The molecule has 2 aliphatic rings. The molecule has 0 amide bonds. The molecule has 0 saturated carbocycles. The third-order valence-electron chi connectivity index (χ3n) is 6.55. The molecule has 0 radical (unpaired) electrons. The predicted octanol–water partition coefficient (Wildman–Crippen LogP) is 3.52. The van der Waals surface area contributed by atoms with Crippen molar-refractivity contribution in [2.24, 2.45) is 0 Å². The zero-order valence-electron chi connectivity index (χ0n) is 18.8. The highest BCUT2D eigenvalue weighted by Crippen LogP contribution is 2.29. The Morgan fingerprint density at radius 2 is 2.00 bits per heavy atom. The summed E-state index contributed by atoms with van der Waals surface area (Å²) in [4.78, 5) is 5.13. The van der Waals surface area contributed by atoms with Crippen LogP contribution in [0.3, 0.4) is 0 Å². The first kappa shape index (κ1) is 21.2. The van der Waals surface area contributed by atoms with E-state index in [1.807, 2.05) is 4.68 Å². The molecule has 0 N–H and O–H groups in total. The fourth-order valence-corrected chi connectivity index (χ4v) is 4.77. The molecule has 7 heteroatoms. The summed E-state index contributed by atoms with van der Waals surface area (Å²) in [5.41, 5.74) is 4.06. The first-order valence-electron chi connectivity index (χ1n) is 11.6. The number of hydrogen-bond acceptors (Lipinski definition) is 6. The minimum atomic E-state index is 0.250. The van der Waals surface area contributed by atoms with E-state index in [1.165, 1.54) is 29.7 Å². The number of aromatic nitrogens is 4. The molecule has 4 rings (SSSR count). The maximum Gasteiger partial charge on any atom is 0.168 e. The van der Waals surface area contributed by atoms with E-state index in [9.17, 15) is 0 Å². The largest absolute Gasteiger partial charge is 0.376 e. The Morgan fingerprint density at radius 3 is 2.73 bits per heavy atom. The van der Waals surface area contributed by atoms with Gasteiger partial charge in [-0.15, -0.1) is 5.10 Å². The Labute approximate surface area is 180 Å². The van der Waals surface area contributed by atoms with Crippen LogP contribution in [0.5, 0.6) is 0 Å². The minimum Gasteiger partial charge on any atom is -0.376 e. The van der Waals surface area contributed by atoms with Gasteiger partial charge in [-0.05, 0) is 60.7 Å². The molecule has 3 heterocycles. The summed E-state index contributed by atoms with van der Waals surface area (Å²) in [7, 11) is 0. The van der Waals surface area contributed by atoms with Gasteiger partial charge in [-0.3, -0.25) is 4.90 Å². The van der Waals surface area contributed by atoms with Gasteiger partial charge in [0.25, 0.3) is 0 Å². The van der Waals surface area contributed by atoms with Gasteiger partial charge in [-0.1, -0.05) is 31.9 Å². The maximum absolute atomic E-state index is 5.83. The lowest BCUT2D eigenvalue weighted by Crippen LogP contribution is -2.48. The molecule has 2 fully saturated rings. The molecule has 0 bridgehead atoms. The molecule has 7 nitrogen and oxygen atoms in total. The SMILES string of the molecule is CCCC[C@@H](c1nnnn1C[C@H]1CCCO1)N1CCN(c2cc(C)ccc2C)CC1. The second-order valence-corrected chi connectivity index (χ2v) is 8.83. The highest BCUT2D eigenvalue weighted by Gasteiger charge is 2.30. The number of nitrogens with zero attached hydrogens (tertiary/aromatic N) is 6. The van der Waals surface area contributed by atoms with Crippen molar-refractivity contribution in [1.29, 1.82) is 0 Å². The third-order valence-corrected chi connectivity index (χ3v) is 6.55. The van der Waals surface area contributed by atoms with Crippen molar-refractivity contribution in [3.8, 4) is 0 Å². The Balaban J connectivity index is 1.46. The summed E-state index contributed by atoms with van der Waals surface area (Å²) < 4.78 is 7.84. The van der Waals surface area contributed by atoms with Crippen molar-refractivity contribution in [3.63, 3.8) is 0 Å². The molecule has 30 heavy (non-hydrogen) atoms. The lowest BCUT2D eigenvalue weighted by molar-refractivity contribution is 0.0890. The van der Waals surface area contributed by atoms with Crippen LogP contribution in [0.15, 0.2) is 18.2 Å². The van der Waals surface area contributed by atoms with Crippen LogP contribution in [0, 0.1) is 13.8 Å². The van der Waals surface area contributed by atoms with Crippen LogP contribution < -0.4 is 4.90 Å². The second-order valence-electron chi connectivity index (χ2n) is 8.83. The van der Waals surface area contributed by atoms with Crippen molar-refractivity contribution < 1.29 is 4.74 Å². The number of rotatable bonds is 8. The number of unbranched alkanes of at least 4 members (excludes halogenated alkanes) is 1. The lowest BCUT2D eigenvalue weighted by atomic mass is 10.0. The summed E-state index contributed by atoms with van der Waals surface area (Å²) in [5, 5.41) is 12.8. The van der Waals surface area contributed by atoms with Gasteiger partial charge in [0.1, 0.15) is 0 Å². The summed E-state index contributed by atoms with van der Waals surface area (Å²) >= 11 is 0. The van der Waals surface area contributed by atoms with Crippen molar-refractivity contribution in [2.45, 2.75) is 71.6 Å². The van der Waals surface area contributed by atoms with Crippen LogP contribution in [0.4, 0.5) is 5.69 Å². The van der Waals surface area contributed by atoms with Gasteiger partial charge in [0, 0.05) is 38.5 Å². The zero-order chi connectivity index (χ0) is 20.9. The van der Waals surface area contributed by atoms with Crippen LogP contribution >= 0.6 is 0 Å². The number of benzene rings is 1. The van der Waals surface area contributed by atoms with Crippen molar-refractivity contribution >= 4 is 5.69 Å². The summed E-state index contributed by atoms with van der Waals surface area (Å²) in [6.45, 7) is 12.4. The topological polar surface area (TPSA) is 59.3 Å². The standard InChI is InChI=1S/C23H36N6O/c1-4-5-8-21(23-24-25-26-29(23)17-20-7-6-15-30-20)27-11-13-28(14-12-27)22-16-18(2)9-10-19(22)3/h9-10,16,20-21H,4-8,11-15,17H2,1-3H3/t20-,21+/m1/s1. The molecular formula is C23H36N6O. The molecule has 0 aliphatic carbocycles. The van der Waals surface area contributed by atoms with Crippen LogP contribution in [0.1, 0.15) is 62.0 Å². The molecule has 2 aromatic rings. The molecule has 2 saturated heterocycles. The van der Waals surface area contributed by atoms with E-state index >= 15 is 0 Å². The number of piperazine rings is 1. The van der Waals surface area contributed by atoms with Gasteiger partial charge in [0.15, 0.2) is 5.82 Å². The van der Waals surface area contributed by atoms with Gasteiger partial charge in [-0.25, -0.2) is 4.68 Å². The molecular weight excluding hydrogens is 376 g/mol. The molecule has 2 aliphatic heterocycles. The number of aryl methyl sites for hydroxylation is 2. The van der Waals surface area contributed by atoms with Crippen LogP contribution in [-0.4, -0.2) is 64.0 Å². The lowest BCUT2D eigenvalue weighted by Gasteiger charge is -2.40. The Bertz CT molecular complexity index is 808. The number of tetrazole rings is 1. The Morgan fingerprint density at radius 1 is 1.17 bits per heavy atom. The van der Waals surface area contributed by atoms with E-state index in [4.69, 9.17) is 4.74 Å². The van der Waals surface area contributed by atoms with E-state index in [-0.39, 0.29) is 12.1 Å². The van der Waals surface area contributed by atoms with E-state index in [2.05, 4.69) is 64.3 Å². The molecule has 2 atom stereocenters. The average molecular weight is 413 g/mol. The molecule has 1 aromatic carbocycles. The van der Waals surface area contributed by atoms with E-state index < -0.39 is 0 Å². The number of ether oxygens (including phenoxy) is 1. The van der Waals surface area contributed by atoms with Gasteiger partial charge in [-0.2, -0.15) is 0 Å². The Kier molecular flexibility index (Phi) is 7.00. The highest BCUT2D eigenvalue weighted by atomic mass is 16.5. The first-order valence-corrected chi connectivity index (χ1v) is 11.6. The summed E-state index contributed by atoms with van der Waals surface area (Å²) in [6.07, 6.45) is 5.97. The molecule has 0 unspecified atom stereocenters. The van der Waals surface area contributed by atoms with Gasteiger partial charge < -0.3 is 9.64 Å². The molecule has 1 aromatic heterocycles. The van der Waals surface area contributed by atoms with E-state index in [1.54, 1.807) is 0 Å². The minimum absolute atomic E-state index is 0.250. The predicted molar refractivity (Wildman–Crippen MR) is 119 cm³/mol. The van der Waals surface area contributed by atoms with Crippen molar-refractivity contribution in [1.82, 2.24) is 25.1 Å². The van der Waals surface area contributed by atoms with Crippen molar-refractivity contribution in [3.05, 3.63) is 35.2 Å². The smallest absolute Gasteiger partial charge is 0.168 e. The summed E-state index contributed by atoms with van der Waals surface area (Å²) in [6, 6.07) is 7.04. The maximum atomic E-state index is 5.83. The van der Waals surface area contributed by atoms with Crippen LogP contribution in [0.2, 0.25) is 0 Å². The molecule has 0 spiro atoms. The Hall–Kier alpha value is -1.99. The highest BCUT2D eigenvalue weighted by molar-refractivity contribution is 5.55. The summed E-state index contributed by atoms with van der Waals surface area (Å²) in [5.74, 6) is 1.01. The monoisotopic (exact) mass is 412 g/mol. The van der Waals surface area contributed by atoms with Gasteiger partial charge in [0.05, 0.1) is 18.7 Å². The fourth-order valence-electron chi connectivity index (χ4n) is 4.77. The zero-order valence-corrected chi connectivity index (χ0v) is 18.8. The van der Waals surface area contributed by atoms with Crippen molar-refractivity contribution in [2.75, 3.05) is 37.7 Å². The third kappa shape index (κ3) is 4.83. The second kappa shape index (κ2) is 9.88. The number of hydrogen-bond donors (Lipinski definition) is 0. The quantitative estimate of drug-likeness (QED) is 0.661. The van der Waals surface area contributed by atoms with Gasteiger partial charge >= 0.3 is 0 Å². The fraction of sp³-hybridized carbons (Fsp3) is 0.696. The normalized spacial score (nSPS) is 21.3. The van der Waals surface area contributed by atoms with Crippen LogP contribution in [-0.2, 0) is 11.3 Å². The van der Waals surface area contributed by atoms with E-state index in [0.717, 1.165) is 64.4 Å². The number of anilines is 1. The van der Waals surface area contributed by atoms with Crippen LogP contribution in [0.25, 0.3) is 0 Å².